The molecule has 7 nitrogen and oxygen atoms in total. The zero-order valence-electron chi connectivity index (χ0n) is 12.7. The molecule has 2 N–H and O–H groups in total. The summed E-state index contributed by atoms with van der Waals surface area (Å²) in [4.78, 5) is 18.9. The highest BCUT2D eigenvalue weighted by Crippen LogP contribution is 2.36. The van der Waals surface area contributed by atoms with Gasteiger partial charge in [-0.25, -0.2) is 4.98 Å². The summed E-state index contributed by atoms with van der Waals surface area (Å²) >= 11 is 6.21. The van der Waals surface area contributed by atoms with E-state index in [2.05, 4.69) is 9.97 Å². The first-order valence-electron chi connectivity index (χ1n) is 7.07. The van der Waals surface area contributed by atoms with E-state index < -0.39 is 4.92 Å². The van der Waals surface area contributed by atoms with Gasteiger partial charge in [-0.2, -0.15) is 5.26 Å². The highest BCUT2D eigenvalue weighted by molar-refractivity contribution is 6.33. The van der Waals surface area contributed by atoms with Crippen LogP contribution in [0.4, 0.5) is 11.5 Å². The number of benzene rings is 1. The van der Waals surface area contributed by atoms with Crippen LogP contribution in [-0.2, 0) is 0 Å². The molecule has 2 aromatic heterocycles. The van der Waals surface area contributed by atoms with Gasteiger partial charge in [0.2, 0.25) is 0 Å². The van der Waals surface area contributed by atoms with Crippen LogP contribution in [0.2, 0.25) is 5.02 Å². The molecule has 122 valence electrons. The minimum atomic E-state index is -0.532. The second-order valence-corrected chi connectivity index (χ2v) is 5.47. The van der Waals surface area contributed by atoms with Crippen LogP contribution in [0.5, 0.6) is 0 Å². The highest BCUT2D eigenvalue weighted by atomic mass is 35.5. The van der Waals surface area contributed by atoms with E-state index in [1.165, 1.54) is 18.2 Å². The fraction of sp³-hybridized carbons (Fsp3) is 0. The van der Waals surface area contributed by atoms with Crippen molar-refractivity contribution in [1.82, 2.24) is 9.97 Å². The molecule has 0 saturated heterocycles. The molecule has 0 radical (unpaired) electrons. The van der Waals surface area contributed by atoms with E-state index in [0.717, 1.165) is 0 Å². The van der Waals surface area contributed by atoms with Crippen LogP contribution in [0.15, 0.2) is 48.7 Å². The standard InChI is InChI=1S/C17H10ClN5O2/c18-14-5-4-10(23(24)25)7-12(14)11-8-16(15-3-1-2-6-21-15)22-17(20)13(11)9-19/h1-8H,(H2,20,22). The predicted octanol–water partition coefficient (Wildman–Crippen LogP) is 3.83. The molecule has 3 rings (SSSR count). The molecule has 25 heavy (non-hydrogen) atoms. The van der Waals surface area contributed by atoms with Gasteiger partial charge < -0.3 is 5.73 Å². The zero-order valence-corrected chi connectivity index (χ0v) is 13.4. The third kappa shape index (κ3) is 3.11. The number of nitriles is 1. The van der Waals surface area contributed by atoms with E-state index in [1.807, 2.05) is 6.07 Å². The van der Waals surface area contributed by atoms with Crippen LogP contribution in [0.25, 0.3) is 22.5 Å². The lowest BCUT2D eigenvalue weighted by Gasteiger charge is -2.11. The Bertz CT molecular complexity index is 1020. The number of nitrogens with two attached hydrogens (primary N) is 1. The highest BCUT2D eigenvalue weighted by Gasteiger charge is 2.18. The Morgan fingerprint density at radius 1 is 1.16 bits per heavy atom. The van der Waals surface area contributed by atoms with Gasteiger partial charge in [0.1, 0.15) is 17.5 Å². The van der Waals surface area contributed by atoms with Gasteiger partial charge in [-0.1, -0.05) is 17.7 Å². The Hall–Kier alpha value is -3.50. The minimum absolute atomic E-state index is 0.00299. The van der Waals surface area contributed by atoms with E-state index in [4.69, 9.17) is 17.3 Å². The quantitative estimate of drug-likeness (QED) is 0.565. The average Bonchev–Trinajstić information content (AvgIpc) is 2.62. The molecule has 0 aliphatic heterocycles. The lowest BCUT2D eigenvalue weighted by Crippen LogP contribution is -2.01. The minimum Gasteiger partial charge on any atom is -0.383 e. The summed E-state index contributed by atoms with van der Waals surface area (Å²) in [6, 6.07) is 12.9. The number of nitrogens with zero attached hydrogens (tertiary/aromatic N) is 4. The fourth-order valence-electron chi connectivity index (χ4n) is 2.37. The van der Waals surface area contributed by atoms with Gasteiger partial charge in [0.15, 0.2) is 0 Å². The molecular weight excluding hydrogens is 342 g/mol. The number of halogens is 1. The molecule has 0 unspecified atom stereocenters. The second-order valence-electron chi connectivity index (χ2n) is 5.06. The summed E-state index contributed by atoms with van der Waals surface area (Å²) in [6.45, 7) is 0. The molecule has 8 heteroatoms. The SMILES string of the molecule is N#Cc1c(-c2cc([N+](=O)[O-])ccc2Cl)cc(-c2ccccn2)nc1N. The zero-order chi connectivity index (χ0) is 18.0. The lowest BCUT2D eigenvalue weighted by atomic mass is 9.99. The topological polar surface area (TPSA) is 119 Å². The maximum absolute atomic E-state index is 11.1. The number of nitro groups is 1. The Labute approximate surface area is 147 Å². The number of aromatic nitrogens is 2. The molecule has 3 aromatic rings. The van der Waals surface area contributed by atoms with E-state index in [0.29, 0.717) is 22.5 Å². The van der Waals surface area contributed by atoms with E-state index in [9.17, 15) is 15.4 Å². The Morgan fingerprint density at radius 2 is 1.96 bits per heavy atom. The largest absolute Gasteiger partial charge is 0.383 e. The molecule has 0 amide bonds. The van der Waals surface area contributed by atoms with Crippen molar-refractivity contribution in [3.63, 3.8) is 0 Å². The number of hydrogen-bond donors (Lipinski definition) is 1. The lowest BCUT2D eigenvalue weighted by molar-refractivity contribution is -0.384. The van der Waals surface area contributed by atoms with Gasteiger partial charge in [0.05, 0.1) is 16.3 Å². The molecule has 2 heterocycles. The summed E-state index contributed by atoms with van der Waals surface area (Å²) in [7, 11) is 0. The molecule has 0 saturated carbocycles. The van der Waals surface area contributed by atoms with Crippen molar-refractivity contribution in [1.29, 1.82) is 5.26 Å². The van der Waals surface area contributed by atoms with Gasteiger partial charge in [0.25, 0.3) is 5.69 Å². The molecular formula is C17H10ClN5O2. The molecule has 0 aliphatic carbocycles. The van der Waals surface area contributed by atoms with Gasteiger partial charge in [0, 0.05) is 34.5 Å². The summed E-state index contributed by atoms with van der Waals surface area (Å²) in [6.07, 6.45) is 1.60. The maximum atomic E-state index is 11.1. The maximum Gasteiger partial charge on any atom is 0.270 e. The summed E-state index contributed by atoms with van der Waals surface area (Å²) in [5.41, 5.74) is 7.57. The van der Waals surface area contributed by atoms with Crippen molar-refractivity contribution in [2.45, 2.75) is 0 Å². The molecule has 0 fully saturated rings. The summed E-state index contributed by atoms with van der Waals surface area (Å²) in [5, 5.41) is 20.7. The Kier molecular flexibility index (Phi) is 4.29. The van der Waals surface area contributed by atoms with E-state index in [1.54, 1.807) is 30.5 Å². The third-order valence-corrected chi connectivity index (χ3v) is 3.87. The first-order chi connectivity index (χ1) is 12.0. The van der Waals surface area contributed by atoms with Crippen LogP contribution in [-0.4, -0.2) is 14.9 Å². The van der Waals surface area contributed by atoms with Crippen LogP contribution < -0.4 is 5.73 Å². The van der Waals surface area contributed by atoms with Crippen molar-refractivity contribution in [2.75, 3.05) is 5.73 Å². The van der Waals surface area contributed by atoms with Crippen LogP contribution in [0.3, 0.4) is 0 Å². The Balaban J connectivity index is 2.29. The van der Waals surface area contributed by atoms with E-state index >= 15 is 0 Å². The van der Waals surface area contributed by atoms with Gasteiger partial charge in [-0.05, 0) is 24.3 Å². The number of pyridine rings is 2. The first kappa shape index (κ1) is 16.4. The number of anilines is 1. The second kappa shape index (κ2) is 6.55. The normalized spacial score (nSPS) is 10.2. The smallest absolute Gasteiger partial charge is 0.270 e. The number of nitrogen functional groups attached to an aromatic ring is 1. The molecule has 0 aliphatic rings. The predicted molar refractivity (Wildman–Crippen MR) is 93.7 cm³/mol. The Morgan fingerprint density at radius 3 is 2.60 bits per heavy atom. The third-order valence-electron chi connectivity index (χ3n) is 3.54. The van der Waals surface area contributed by atoms with Crippen molar-refractivity contribution in [3.05, 3.63) is 69.4 Å². The summed E-state index contributed by atoms with van der Waals surface area (Å²) in [5.74, 6) is 0.00299. The van der Waals surface area contributed by atoms with Crippen molar-refractivity contribution in [3.8, 4) is 28.6 Å². The number of hydrogen-bond acceptors (Lipinski definition) is 6. The number of non-ortho nitro benzene ring substituents is 1. The van der Waals surface area contributed by atoms with E-state index in [-0.39, 0.29) is 22.1 Å². The van der Waals surface area contributed by atoms with Crippen LogP contribution in [0, 0.1) is 21.4 Å². The fourth-order valence-corrected chi connectivity index (χ4v) is 2.59. The van der Waals surface area contributed by atoms with Gasteiger partial charge >= 0.3 is 0 Å². The molecule has 1 aromatic carbocycles. The molecule has 0 bridgehead atoms. The van der Waals surface area contributed by atoms with Gasteiger partial charge in [-0.15, -0.1) is 0 Å². The average molecular weight is 352 g/mol. The summed E-state index contributed by atoms with van der Waals surface area (Å²) < 4.78 is 0. The first-order valence-corrected chi connectivity index (χ1v) is 7.45. The monoisotopic (exact) mass is 351 g/mol. The van der Waals surface area contributed by atoms with Crippen LogP contribution in [0.1, 0.15) is 5.56 Å². The van der Waals surface area contributed by atoms with Crippen molar-refractivity contribution >= 4 is 23.1 Å². The molecule has 0 spiro atoms. The number of rotatable bonds is 3. The van der Waals surface area contributed by atoms with Crippen LogP contribution >= 0.6 is 11.6 Å². The van der Waals surface area contributed by atoms with Crippen molar-refractivity contribution in [2.24, 2.45) is 0 Å². The molecule has 0 atom stereocenters. The van der Waals surface area contributed by atoms with Gasteiger partial charge in [-0.3, -0.25) is 15.1 Å². The van der Waals surface area contributed by atoms with Crippen molar-refractivity contribution < 1.29 is 4.92 Å². The number of nitro benzene ring substituents is 1.